The Morgan fingerprint density at radius 3 is 2.21 bits per heavy atom. The predicted molar refractivity (Wildman–Crippen MR) is 129 cm³/mol. The number of nitrogens with one attached hydrogen (secondary N) is 2. The predicted octanol–water partition coefficient (Wildman–Crippen LogP) is 3.25. The summed E-state index contributed by atoms with van der Waals surface area (Å²) in [6.45, 7) is 7.32. The number of nitro benzene ring substituents is 1. The lowest BCUT2D eigenvalue weighted by Gasteiger charge is -2.19. The first-order valence-electron chi connectivity index (χ1n) is 9.78. The van der Waals surface area contributed by atoms with Gasteiger partial charge in [0.15, 0.2) is 0 Å². The van der Waals surface area contributed by atoms with Gasteiger partial charge in [0.2, 0.25) is 10.0 Å². The van der Waals surface area contributed by atoms with Gasteiger partial charge < -0.3 is 0 Å². The van der Waals surface area contributed by atoms with E-state index >= 15 is 0 Å². The van der Waals surface area contributed by atoms with Crippen molar-refractivity contribution in [2.24, 2.45) is 0 Å². The number of carbonyl (C=O) groups is 2. The van der Waals surface area contributed by atoms with Gasteiger partial charge in [0, 0.05) is 40.9 Å². The molecular weight excluding hydrogens is 480 g/mol. The van der Waals surface area contributed by atoms with Gasteiger partial charge in [-0.3, -0.25) is 30.6 Å². The molecule has 3 aromatic rings. The smallest absolute Gasteiger partial charge is 0.267 e. The van der Waals surface area contributed by atoms with Crippen molar-refractivity contribution in [2.75, 3.05) is 13.1 Å². The molecule has 12 heteroatoms. The largest absolute Gasteiger partial charge is 0.279 e. The number of nitrogens with zero attached hydrogens (tertiary/aromatic N) is 2. The van der Waals surface area contributed by atoms with Crippen molar-refractivity contribution in [3.05, 3.63) is 94.4 Å². The second-order valence-electron chi connectivity index (χ2n) is 6.92. The monoisotopic (exact) mass is 500 g/mol. The average Bonchev–Trinajstić information content (AvgIpc) is 3.26. The number of thiophene rings is 1. The summed E-state index contributed by atoms with van der Waals surface area (Å²) in [7, 11) is -3.80. The number of carbonyl (C=O) groups excluding carboxylic acids is 2. The molecule has 176 valence electrons. The van der Waals surface area contributed by atoms with Crippen molar-refractivity contribution in [3.8, 4) is 0 Å². The summed E-state index contributed by atoms with van der Waals surface area (Å²) >= 11 is 1.12. The highest BCUT2D eigenvalue weighted by molar-refractivity contribution is 7.89. The first-order valence-corrected chi connectivity index (χ1v) is 12.0. The van der Waals surface area contributed by atoms with Crippen molar-refractivity contribution in [3.63, 3.8) is 0 Å². The fourth-order valence-corrected chi connectivity index (χ4v) is 5.31. The lowest BCUT2D eigenvalue weighted by molar-refractivity contribution is -0.384. The van der Waals surface area contributed by atoms with E-state index in [-0.39, 0.29) is 34.1 Å². The number of sulfonamides is 1. The number of nitro groups is 1. The van der Waals surface area contributed by atoms with Crippen molar-refractivity contribution in [1.29, 1.82) is 0 Å². The van der Waals surface area contributed by atoms with E-state index in [2.05, 4.69) is 24.0 Å². The number of hydrogen-bond donors (Lipinski definition) is 2. The third-order valence-electron chi connectivity index (χ3n) is 4.64. The van der Waals surface area contributed by atoms with Crippen LogP contribution in [0.15, 0.2) is 78.7 Å². The molecule has 0 aliphatic heterocycles. The van der Waals surface area contributed by atoms with E-state index in [4.69, 9.17) is 0 Å². The number of amides is 2. The van der Waals surface area contributed by atoms with Gasteiger partial charge in [-0.25, -0.2) is 8.42 Å². The standard InChI is InChI=1S/C22H20N4O6S2/c1-3-11-25(12-4-2)34(31,32)18-8-5-15(6-9-18)21(27)23-24-22(28)20-14-16-13-17(26(29)30)7-10-19(16)33-20/h3-10,13-14H,1-2,11-12H2,(H,23,27)(H,24,28). The minimum Gasteiger partial charge on any atom is -0.267 e. The summed E-state index contributed by atoms with van der Waals surface area (Å²) in [5.41, 5.74) is 4.59. The van der Waals surface area contributed by atoms with Crippen LogP contribution in [0.5, 0.6) is 0 Å². The molecule has 0 radical (unpaired) electrons. The zero-order valence-corrected chi connectivity index (χ0v) is 19.4. The number of hydrazine groups is 1. The Labute approximate surface area is 199 Å². The fourth-order valence-electron chi connectivity index (χ4n) is 2.99. The summed E-state index contributed by atoms with van der Waals surface area (Å²) in [6, 6.07) is 11.0. The molecule has 10 nitrogen and oxygen atoms in total. The van der Waals surface area contributed by atoms with Crippen LogP contribution in [0.3, 0.4) is 0 Å². The molecule has 0 atom stereocenters. The van der Waals surface area contributed by atoms with Crippen LogP contribution < -0.4 is 10.9 Å². The molecule has 34 heavy (non-hydrogen) atoms. The molecule has 0 saturated heterocycles. The van der Waals surface area contributed by atoms with Crippen molar-refractivity contribution in [2.45, 2.75) is 4.90 Å². The molecule has 2 aromatic carbocycles. The topological polar surface area (TPSA) is 139 Å². The molecule has 0 aliphatic carbocycles. The molecule has 0 bridgehead atoms. The Morgan fingerprint density at radius 1 is 1.00 bits per heavy atom. The van der Waals surface area contributed by atoms with Crippen molar-refractivity contribution < 1.29 is 22.9 Å². The zero-order valence-electron chi connectivity index (χ0n) is 17.8. The second kappa shape index (κ2) is 10.4. The highest BCUT2D eigenvalue weighted by Gasteiger charge is 2.23. The van der Waals surface area contributed by atoms with Crippen LogP contribution in [0.25, 0.3) is 10.1 Å². The quantitative estimate of drug-likeness (QED) is 0.263. The maximum Gasteiger partial charge on any atom is 0.279 e. The Morgan fingerprint density at radius 2 is 1.62 bits per heavy atom. The lowest BCUT2D eigenvalue weighted by atomic mass is 10.2. The van der Waals surface area contributed by atoms with E-state index in [1.807, 2.05) is 0 Å². The van der Waals surface area contributed by atoms with Gasteiger partial charge in [-0.05, 0) is 36.4 Å². The van der Waals surface area contributed by atoms with Crippen LogP contribution in [0.1, 0.15) is 20.0 Å². The van der Waals surface area contributed by atoms with E-state index in [0.717, 1.165) is 11.3 Å². The maximum atomic E-state index is 12.7. The molecule has 2 amide bonds. The third kappa shape index (κ3) is 5.36. The second-order valence-corrected chi connectivity index (χ2v) is 9.94. The number of fused-ring (bicyclic) bond motifs is 1. The van der Waals surface area contributed by atoms with E-state index in [9.17, 15) is 28.1 Å². The summed E-state index contributed by atoms with van der Waals surface area (Å²) in [4.78, 5) is 35.4. The summed E-state index contributed by atoms with van der Waals surface area (Å²) in [5.74, 6) is -1.25. The normalized spacial score (nSPS) is 11.2. The zero-order chi connectivity index (χ0) is 24.9. The van der Waals surface area contributed by atoms with Crippen LogP contribution >= 0.6 is 11.3 Å². The first-order chi connectivity index (χ1) is 16.2. The van der Waals surface area contributed by atoms with Crippen molar-refractivity contribution in [1.82, 2.24) is 15.2 Å². The number of non-ortho nitro benzene ring substituents is 1. The summed E-state index contributed by atoms with van der Waals surface area (Å²) in [6.07, 6.45) is 2.92. The molecule has 0 spiro atoms. The van der Waals surface area contributed by atoms with E-state index in [0.29, 0.717) is 10.1 Å². The molecule has 3 rings (SSSR count). The van der Waals surface area contributed by atoms with Gasteiger partial charge >= 0.3 is 0 Å². The highest BCUT2D eigenvalue weighted by atomic mass is 32.2. The van der Waals surface area contributed by atoms with Crippen LogP contribution in [0.4, 0.5) is 5.69 Å². The maximum absolute atomic E-state index is 12.7. The molecule has 0 aliphatic rings. The van der Waals surface area contributed by atoms with Gasteiger partial charge in [-0.1, -0.05) is 12.2 Å². The van der Waals surface area contributed by atoms with Crippen molar-refractivity contribution >= 4 is 48.9 Å². The molecule has 1 aromatic heterocycles. The molecule has 0 saturated carbocycles. The van der Waals surface area contributed by atoms with Gasteiger partial charge in [0.1, 0.15) is 0 Å². The first kappa shape index (κ1) is 24.8. The van der Waals surface area contributed by atoms with E-state index < -0.39 is 26.8 Å². The van der Waals surface area contributed by atoms with Gasteiger partial charge in [-0.2, -0.15) is 4.31 Å². The third-order valence-corrected chi connectivity index (χ3v) is 7.60. The minimum atomic E-state index is -3.80. The minimum absolute atomic E-state index is 0.00356. The van der Waals surface area contributed by atoms with Gasteiger partial charge in [-0.15, -0.1) is 24.5 Å². The van der Waals surface area contributed by atoms with Crippen LogP contribution in [-0.4, -0.2) is 42.6 Å². The van der Waals surface area contributed by atoms with Crippen LogP contribution in [0, 0.1) is 10.1 Å². The molecule has 0 unspecified atom stereocenters. The highest BCUT2D eigenvalue weighted by Crippen LogP contribution is 2.28. The van der Waals surface area contributed by atoms with Crippen LogP contribution in [-0.2, 0) is 10.0 Å². The van der Waals surface area contributed by atoms with E-state index in [1.165, 1.54) is 58.9 Å². The van der Waals surface area contributed by atoms with Crippen LogP contribution in [0.2, 0.25) is 0 Å². The van der Waals surface area contributed by atoms with E-state index in [1.54, 1.807) is 6.07 Å². The SMILES string of the molecule is C=CCN(CC=C)S(=O)(=O)c1ccc(C(=O)NNC(=O)c2cc3cc([N+](=O)[O-])ccc3s2)cc1. The Bertz CT molecular complexity index is 1370. The number of hydrogen-bond acceptors (Lipinski definition) is 7. The fraction of sp³-hybridized carbons (Fsp3) is 0.0909. The number of benzene rings is 2. The number of rotatable bonds is 9. The average molecular weight is 501 g/mol. The summed E-state index contributed by atoms with van der Waals surface area (Å²) in [5, 5.41) is 11.4. The Balaban J connectivity index is 1.67. The Hall–Kier alpha value is -3.87. The van der Waals surface area contributed by atoms with Gasteiger partial charge in [0.05, 0.1) is 14.7 Å². The molecular formula is C22H20N4O6S2. The van der Waals surface area contributed by atoms with Gasteiger partial charge in [0.25, 0.3) is 17.5 Å². The summed E-state index contributed by atoms with van der Waals surface area (Å²) < 4.78 is 27.3. The lowest BCUT2D eigenvalue weighted by Crippen LogP contribution is -2.41. The molecule has 0 fully saturated rings. The molecule has 1 heterocycles. The Kier molecular flexibility index (Phi) is 7.56. The molecule has 2 N–H and O–H groups in total.